The molecule has 1 aliphatic heterocycles. The van der Waals surface area contributed by atoms with Gasteiger partial charge in [-0.2, -0.15) is 0 Å². The summed E-state index contributed by atoms with van der Waals surface area (Å²) in [4.78, 5) is 30.2. The molecule has 6 heteroatoms. The van der Waals surface area contributed by atoms with Crippen molar-refractivity contribution in [3.63, 3.8) is 0 Å². The molecule has 6 nitrogen and oxygen atoms in total. The molecule has 0 aliphatic carbocycles. The van der Waals surface area contributed by atoms with Crippen molar-refractivity contribution in [3.05, 3.63) is 48.0 Å². The van der Waals surface area contributed by atoms with Gasteiger partial charge in [0.2, 0.25) is 5.91 Å². The maximum Gasteiger partial charge on any atom is 0.254 e. The summed E-state index contributed by atoms with van der Waals surface area (Å²) in [6.45, 7) is 0.662. The summed E-state index contributed by atoms with van der Waals surface area (Å²) in [5, 5.41) is 0. The maximum absolute atomic E-state index is 12.8. The molecule has 1 unspecified atom stereocenters. The summed E-state index contributed by atoms with van der Waals surface area (Å²) in [5.41, 5.74) is 13.3. The number of carbonyl (C=O) groups is 2. The SMILES string of the molecule is NC(=O)CC1CCCCN1C(=O)c1ccc(-c2cccc(N)n2)cc1. The topological polar surface area (TPSA) is 102 Å². The minimum absolute atomic E-state index is 0.0574. The van der Waals surface area contributed by atoms with Gasteiger partial charge in [-0.3, -0.25) is 9.59 Å². The number of likely N-dealkylation sites (tertiary alicyclic amines) is 1. The van der Waals surface area contributed by atoms with Gasteiger partial charge in [0.15, 0.2) is 0 Å². The molecule has 1 aromatic heterocycles. The molecule has 2 heterocycles. The quantitative estimate of drug-likeness (QED) is 0.892. The molecule has 1 aromatic carbocycles. The second-order valence-electron chi connectivity index (χ2n) is 6.34. The van der Waals surface area contributed by atoms with E-state index in [4.69, 9.17) is 11.5 Å². The van der Waals surface area contributed by atoms with Gasteiger partial charge in [0.1, 0.15) is 5.82 Å². The molecule has 0 radical (unpaired) electrons. The minimum atomic E-state index is -0.368. The second kappa shape index (κ2) is 7.34. The number of amides is 2. The van der Waals surface area contributed by atoms with Crippen LogP contribution in [0.3, 0.4) is 0 Å². The van der Waals surface area contributed by atoms with Gasteiger partial charge in [-0.1, -0.05) is 18.2 Å². The van der Waals surface area contributed by atoms with Crippen LogP contribution in [0.2, 0.25) is 0 Å². The van der Waals surface area contributed by atoms with E-state index in [0.717, 1.165) is 30.5 Å². The number of hydrogen-bond donors (Lipinski definition) is 2. The van der Waals surface area contributed by atoms with Gasteiger partial charge in [-0.25, -0.2) is 4.98 Å². The molecule has 0 bridgehead atoms. The Morgan fingerprint density at radius 1 is 1.12 bits per heavy atom. The van der Waals surface area contributed by atoms with E-state index in [1.54, 1.807) is 23.1 Å². The third kappa shape index (κ3) is 3.96. The van der Waals surface area contributed by atoms with Crippen LogP contribution in [-0.2, 0) is 4.79 Å². The summed E-state index contributed by atoms with van der Waals surface area (Å²) in [6, 6.07) is 12.7. The first kappa shape index (κ1) is 17.0. The fourth-order valence-corrected chi connectivity index (χ4v) is 3.27. The molecule has 25 heavy (non-hydrogen) atoms. The molecule has 1 fully saturated rings. The van der Waals surface area contributed by atoms with Gasteiger partial charge in [0, 0.05) is 30.1 Å². The Balaban J connectivity index is 1.79. The molecule has 4 N–H and O–H groups in total. The van der Waals surface area contributed by atoms with Crippen LogP contribution in [0.15, 0.2) is 42.5 Å². The molecule has 0 spiro atoms. The molecule has 130 valence electrons. The van der Waals surface area contributed by atoms with Gasteiger partial charge in [0.05, 0.1) is 5.69 Å². The van der Waals surface area contributed by atoms with Crippen LogP contribution in [0.25, 0.3) is 11.3 Å². The van der Waals surface area contributed by atoms with E-state index in [2.05, 4.69) is 4.98 Å². The Bertz CT molecular complexity index is 773. The number of carbonyl (C=O) groups excluding carboxylic acids is 2. The first-order valence-corrected chi connectivity index (χ1v) is 8.47. The van der Waals surface area contributed by atoms with E-state index in [-0.39, 0.29) is 24.3 Å². The Hall–Kier alpha value is -2.89. The number of nitrogens with two attached hydrogens (primary N) is 2. The van der Waals surface area contributed by atoms with E-state index in [9.17, 15) is 9.59 Å². The van der Waals surface area contributed by atoms with Crippen LogP contribution in [0, 0.1) is 0 Å². The van der Waals surface area contributed by atoms with Crippen LogP contribution in [0.1, 0.15) is 36.0 Å². The molecule has 0 saturated carbocycles. The third-order valence-corrected chi connectivity index (χ3v) is 4.52. The number of primary amides is 1. The second-order valence-corrected chi connectivity index (χ2v) is 6.34. The number of benzene rings is 1. The van der Waals surface area contributed by atoms with Gasteiger partial charge >= 0.3 is 0 Å². The van der Waals surface area contributed by atoms with Gasteiger partial charge < -0.3 is 16.4 Å². The monoisotopic (exact) mass is 338 g/mol. The Kier molecular flexibility index (Phi) is 4.97. The Morgan fingerprint density at radius 3 is 2.56 bits per heavy atom. The zero-order valence-corrected chi connectivity index (χ0v) is 14.0. The normalized spacial score (nSPS) is 17.3. The number of rotatable bonds is 4. The molecule has 1 aliphatic rings. The molecule has 1 saturated heterocycles. The predicted molar refractivity (Wildman–Crippen MR) is 96.6 cm³/mol. The largest absolute Gasteiger partial charge is 0.384 e. The van der Waals surface area contributed by atoms with Crippen molar-refractivity contribution in [2.45, 2.75) is 31.7 Å². The molecule has 2 amide bonds. The lowest BCUT2D eigenvalue weighted by Crippen LogP contribution is -2.45. The first-order chi connectivity index (χ1) is 12.0. The summed E-state index contributed by atoms with van der Waals surface area (Å²) in [5.74, 6) is 0.0334. The summed E-state index contributed by atoms with van der Waals surface area (Å²) in [7, 11) is 0. The average molecular weight is 338 g/mol. The highest BCUT2D eigenvalue weighted by Crippen LogP contribution is 2.24. The smallest absolute Gasteiger partial charge is 0.254 e. The van der Waals surface area contributed by atoms with Crippen molar-refractivity contribution in [1.29, 1.82) is 0 Å². The highest BCUT2D eigenvalue weighted by atomic mass is 16.2. The highest BCUT2D eigenvalue weighted by Gasteiger charge is 2.28. The molecule has 3 rings (SSSR count). The van der Waals surface area contributed by atoms with Crippen molar-refractivity contribution in [2.75, 3.05) is 12.3 Å². The first-order valence-electron chi connectivity index (χ1n) is 8.47. The number of aromatic nitrogens is 1. The zero-order chi connectivity index (χ0) is 17.8. The van der Waals surface area contributed by atoms with Crippen LogP contribution in [-0.4, -0.2) is 34.3 Å². The van der Waals surface area contributed by atoms with Crippen LogP contribution in [0.5, 0.6) is 0 Å². The van der Waals surface area contributed by atoms with Crippen molar-refractivity contribution in [3.8, 4) is 11.3 Å². The van der Waals surface area contributed by atoms with Crippen LogP contribution in [0.4, 0.5) is 5.82 Å². The molecule has 2 aromatic rings. The maximum atomic E-state index is 12.8. The number of piperidine rings is 1. The van der Waals surface area contributed by atoms with Crippen molar-refractivity contribution < 1.29 is 9.59 Å². The summed E-state index contributed by atoms with van der Waals surface area (Å²) in [6.07, 6.45) is 3.01. The number of pyridine rings is 1. The number of anilines is 1. The lowest BCUT2D eigenvalue weighted by Gasteiger charge is -2.35. The van der Waals surface area contributed by atoms with Crippen molar-refractivity contribution in [2.24, 2.45) is 5.73 Å². The van der Waals surface area contributed by atoms with E-state index in [1.807, 2.05) is 24.3 Å². The van der Waals surface area contributed by atoms with Gasteiger partial charge in [-0.15, -0.1) is 0 Å². The molecular formula is C19H22N4O2. The van der Waals surface area contributed by atoms with Crippen molar-refractivity contribution in [1.82, 2.24) is 9.88 Å². The van der Waals surface area contributed by atoms with Crippen LogP contribution >= 0.6 is 0 Å². The predicted octanol–water partition coefficient (Wildman–Crippen LogP) is 2.20. The van der Waals surface area contributed by atoms with E-state index < -0.39 is 0 Å². The zero-order valence-electron chi connectivity index (χ0n) is 14.0. The molecule has 1 atom stereocenters. The van der Waals surface area contributed by atoms with E-state index in [1.165, 1.54) is 0 Å². The summed E-state index contributed by atoms with van der Waals surface area (Å²) < 4.78 is 0. The lowest BCUT2D eigenvalue weighted by molar-refractivity contribution is -0.119. The fraction of sp³-hybridized carbons (Fsp3) is 0.316. The third-order valence-electron chi connectivity index (χ3n) is 4.52. The lowest BCUT2D eigenvalue weighted by atomic mass is 9.97. The highest BCUT2D eigenvalue weighted by molar-refractivity contribution is 5.95. The van der Waals surface area contributed by atoms with Crippen molar-refractivity contribution >= 4 is 17.6 Å². The average Bonchev–Trinajstić information content (AvgIpc) is 2.61. The van der Waals surface area contributed by atoms with Crippen LogP contribution < -0.4 is 11.5 Å². The number of nitrogens with zero attached hydrogens (tertiary/aromatic N) is 2. The van der Waals surface area contributed by atoms with Gasteiger partial charge in [0.25, 0.3) is 5.91 Å². The number of hydrogen-bond acceptors (Lipinski definition) is 4. The Morgan fingerprint density at radius 2 is 1.88 bits per heavy atom. The molecular weight excluding hydrogens is 316 g/mol. The minimum Gasteiger partial charge on any atom is -0.384 e. The fourth-order valence-electron chi connectivity index (χ4n) is 3.27. The van der Waals surface area contributed by atoms with E-state index in [0.29, 0.717) is 17.9 Å². The van der Waals surface area contributed by atoms with E-state index >= 15 is 0 Å². The number of nitrogen functional groups attached to an aromatic ring is 1. The standard InChI is InChI=1S/C19H22N4O2/c20-17-6-3-5-16(22-17)13-7-9-14(10-8-13)19(25)23-11-2-1-4-15(23)12-18(21)24/h3,5-10,15H,1-2,4,11-12H2,(H2,20,22)(H2,21,24). The Labute approximate surface area is 146 Å². The summed E-state index contributed by atoms with van der Waals surface area (Å²) >= 11 is 0. The van der Waals surface area contributed by atoms with Gasteiger partial charge in [-0.05, 0) is 43.5 Å².